The van der Waals surface area contributed by atoms with Crippen LogP contribution in [0.3, 0.4) is 0 Å². The molecule has 0 saturated heterocycles. The second-order valence-electron chi connectivity index (χ2n) is 12.7. The Morgan fingerprint density at radius 2 is 1.42 bits per heavy atom. The van der Waals surface area contributed by atoms with E-state index in [9.17, 15) is 14.4 Å². The first kappa shape index (κ1) is 34.2. The van der Waals surface area contributed by atoms with Gasteiger partial charge in [0.05, 0.1) is 12.2 Å². The Morgan fingerprint density at radius 1 is 0.800 bits per heavy atom. The first-order valence-electron chi connectivity index (χ1n) is 16.4. The number of esters is 3. The Balaban J connectivity index is 1.43. The van der Waals surface area contributed by atoms with Gasteiger partial charge in [-0.1, -0.05) is 70.4 Å². The van der Waals surface area contributed by atoms with Crippen LogP contribution in [0, 0.1) is 17.8 Å². The van der Waals surface area contributed by atoms with E-state index in [-0.39, 0.29) is 29.6 Å². The van der Waals surface area contributed by atoms with Crippen molar-refractivity contribution in [3.63, 3.8) is 0 Å². The summed E-state index contributed by atoms with van der Waals surface area (Å²) >= 11 is 0. The zero-order valence-corrected chi connectivity index (χ0v) is 27.1. The molecule has 2 aromatic carbocycles. The molecule has 0 aromatic heterocycles. The summed E-state index contributed by atoms with van der Waals surface area (Å²) in [6.45, 7) is 11.2. The molecule has 7 heteroatoms. The molecule has 0 aliphatic heterocycles. The van der Waals surface area contributed by atoms with E-state index >= 15 is 0 Å². The molecule has 0 radical (unpaired) electrons. The van der Waals surface area contributed by atoms with Gasteiger partial charge in [0.2, 0.25) is 0 Å². The first-order chi connectivity index (χ1) is 21.7. The van der Waals surface area contributed by atoms with Gasteiger partial charge in [0, 0.05) is 12.7 Å². The summed E-state index contributed by atoms with van der Waals surface area (Å²) in [6.07, 6.45) is 13.0. The maximum atomic E-state index is 13.6. The minimum atomic E-state index is -0.674. The van der Waals surface area contributed by atoms with Crippen LogP contribution in [0.2, 0.25) is 0 Å². The largest absolute Gasteiger partial charge is 0.459 e. The Bertz CT molecular complexity index is 1340. The van der Waals surface area contributed by atoms with Gasteiger partial charge in [0.25, 0.3) is 0 Å². The van der Waals surface area contributed by atoms with Gasteiger partial charge >= 0.3 is 17.9 Å². The number of benzene rings is 2. The van der Waals surface area contributed by atoms with Crippen LogP contribution in [0.15, 0.2) is 66.8 Å². The van der Waals surface area contributed by atoms with Crippen molar-refractivity contribution >= 4 is 17.9 Å². The predicted octanol–water partition coefficient (Wildman–Crippen LogP) is 8.66. The average molecular weight is 617 g/mol. The molecular weight excluding hydrogens is 568 g/mol. The molecule has 0 atom stereocenters. The predicted molar refractivity (Wildman–Crippen MR) is 175 cm³/mol. The third-order valence-corrected chi connectivity index (χ3v) is 9.27. The van der Waals surface area contributed by atoms with Gasteiger partial charge in [-0.05, 0) is 98.6 Å². The summed E-state index contributed by atoms with van der Waals surface area (Å²) in [4.78, 5) is 38.1. The highest BCUT2D eigenvalue weighted by molar-refractivity contribution is 5.97. The minimum absolute atomic E-state index is 0.0165. The van der Waals surface area contributed by atoms with Crippen LogP contribution < -0.4 is 9.47 Å². The smallest absolute Gasteiger partial charge is 0.342 e. The fourth-order valence-corrected chi connectivity index (χ4v) is 6.61. The maximum absolute atomic E-state index is 13.6. The SMILES string of the molecule is C=C(C)C(=O)Oc1ccc(-c2ccc(OC(=O)C(=C)COC)c(C(=O)OC3CCC(C4CCC(CCCC)CC4)CC3)c2)cc1. The molecule has 7 nitrogen and oxygen atoms in total. The summed E-state index contributed by atoms with van der Waals surface area (Å²) in [5.74, 6) is 1.19. The van der Waals surface area contributed by atoms with Gasteiger partial charge in [0.15, 0.2) is 0 Å². The highest BCUT2D eigenvalue weighted by Crippen LogP contribution is 2.42. The van der Waals surface area contributed by atoms with E-state index in [1.165, 1.54) is 52.1 Å². The van der Waals surface area contributed by atoms with E-state index in [4.69, 9.17) is 18.9 Å². The van der Waals surface area contributed by atoms with Gasteiger partial charge in [0.1, 0.15) is 23.2 Å². The van der Waals surface area contributed by atoms with Gasteiger partial charge < -0.3 is 18.9 Å². The lowest BCUT2D eigenvalue weighted by atomic mass is 9.70. The normalized spacial score (nSPS) is 21.4. The molecule has 2 saturated carbocycles. The lowest BCUT2D eigenvalue weighted by molar-refractivity contribution is -0.131. The second-order valence-corrected chi connectivity index (χ2v) is 12.7. The van der Waals surface area contributed by atoms with E-state index in [2.05, 4.69) is 20.1 Å². The molecule has 2 aromatic rings. The molecule has 2 aliphatic rings. The molecule has 242 valence electrons. The van der Waals surface area contributed by atoms with E-state index in [0.29, 0.717) is 22.8 Å². The van der Waals surface area contributed by atoms with Crippen molar-refractivity contribution in [3.8, 4) is 22.6 Å². The van der Waals surface area contributed by atoms with Crippen LogP contribution in [0.5, 0.6) is 11.5 Å². The van der Waals surface area contributed by atoms with Crippen molar-refractivity contribution in [1.82, 2.24) is 0 Å². The molecule has 4 rings (SSSR count). The van der Waals surface area contributed by atoms with Crippen LogP contribution in [0.25, 0.3) is 11.1 Å². The Labute approximate surface area is 268 Å². The van der Waals surface area contributed by atoms with Crippen LogP contribution in [-0.2, 0) is 19.1 Å². The van der Waals surface area contributed by atoms with Crippen LogP contribution in [0.4, 0.5) is 0 Å². The molecular formula is C38H48O7. The average Bonchev–Trinajstić information content (AvgIpc) is 3.05. The summed E-state index contributed by atoms with van der Waals surface area (Å²) in [6, 6.07) is 11.9. The van der Waals surface area contributed by atoms with Crippen molar-refractivity contribution < 1.29 is 33.3 Å². The van der Waals surface area contributed by atoms with E-state index in [0.717, 1.165) is 43.1 Å². The molecule has 45 heavy (non-hydrogen) atoms. The number of hydrogen-bond acceptors (Lipinski definition) is 7. The number of hydrogen-bond donors (Lipinski definition) is 0. The Kier molecular flexibility index (Phi) is 12.6. The summed E-state index contributed by atoms with van der Waals surface area (Å²) in [7, 11) is 1.47. The van der Waals surface area contributed by atoms with Gasteiger partial charge in [-0.15, -0.1) is 0 Å². The minimum Gasteiger partial charge on any atom is -0.459 e. The third kappa shape index (κ3) is 9.64. The van der Waals surface area contributed by atoms with Crippen LogP contribution in [-0.4, -0.2) is 37.7 Å². The molecule has 2 aliphatic carbocycles. The van der Waals surface area contributed by atoms with Gasteiger partial charge in [-0.25, -0.2) is 14.4 Å². The van der Waals surface area contributed by atoms with Crippen LogP contribution in [0.1, 0.15) is 94.8 Å². The molecule has 0 N–H and O–H groups in total. The highest BCUT2D eigenvalue weighted by Gasteiger charge is 2.32. The van der Waals surface area contributed by atoms with Crippen molar-refractivity contribution in [2.24, 2.45) is 17.8 Å². The lowest BCUT2D eigenvalue weighted by Gasteiger charge is -2.37. The van der Waals surface area contributed by atoms with E-state index in [1.54, 1.807) is 49.4 Å². The Hall–Kier alpha value is -3.71. The molecule has 0 bridgehead atoms. The first-order valence-corrected chi connectivity index (χ1v) is 16.4. The standard InChI is InChI=1S/C38H48O7/c1-6-7-8-27-9-11-28(12-10-27)29-13-18-33(19-14-29)44-38(41)34-23-31(17-22-35(34)45-37(40)26(4)24-42-5)30-15-20-32(21-16-30)43-36(39)25(2)3/h15-17,20-23,27-29,33H,2,4,6-14,18-19,24H2,1,3,5H3. The zero-order chi connectivity index (χ0) is 32.3. The fourth-order valence-electron chi connectivity index (χ4n) is 6.61. The molecule has 2 fully saturated rings. The summed E-state index contributed by atoms with van der Waals surface area (Å²) < 4.78 is 21.9. The number of unbranched alkanes of at least 4 members (excludes halogenated alkanes) is 1. The molecule has 0 spiro atoms. The maximum Gasteiger partial charge on any atom is 0.342 e. The number of carbonyl (C=O) groups excluding carboxylic acids is 3. The number of rotatable bonds is 13. The summed E-state index contributed by atoms with van der Waals surface area (Å²) in [5.41, 5.74) is 2.10. The number of methoxy groups -OCH3 is 1. The second kappa shape index (κ2) is 16.6. The fraction of sp³-hybridized carbons (Fsp3) is 0.500. The van der Waals surface area contributed by atoms with Crippen LogP contribution >= 0.6 is 0 Å². The van der Waals surface area contributed by atoms with Crippen molar-refractivity contribution in [3.05, 3.63) is 72.3 Å². The van der Waals surface area contributed by atoms with Gasteiger partial charge in [-0.2, -0.15) is 0 Å². The Morgan fingerprint density at radius 3 is 2.02 bits per heavy atom. The zero-order valence-electron chi connectivity index (χ0n) is 27.1. The summed E-state index contributed by atoms with van der Waals surface area (Å²) in [5, 5.41) is 0. The monoisotopic (exact) mass is 616 g/mol. The lowest BCUT2D eigenvalue weighted by Crippen LogP contribution is -2.30. The van der Waals surface area contributed by atoms with Gasteiger partial charge in [-0.3, -0.25) is 0 Å². The molecule has 0 unspecified atom stereocenters. The van der Waals surface area contributed by atoms with Crippen molar-refractivity contribution in [1.29, 1.82) is 0 Å². The van der Waals surface area contributed by atoms with E-state index < -0.39 is 17.9 Å². The topological polar surface area (TPSA) is 88.1 Å². The molecule has 0 amide bonds. The third-order valence-electron chi connectivity index (χ3n) is 9.27. The van der Waals surface area contributed by atoms with E-state index in [1.807, 2.05) is 0 Å². The quantitative estimate of drug-likeness (QED) is 0.126. The van der Waals surface area contributed by atoms with Crippen molar-refractivity contribution in [2.45, 2.75) is 90.6 Å². The highest BCUT2D eigenvalue weighted by atomic mass is 16.6. The number of ether oxygens (including phenoxy) is 4. The van der Waals surface area contributed by atoms with Crippen molar-refractivity contribution in [2.75, 3.05) is 13.7 Å². The molecule has 0 heterocycles. The number of carbonyl (C=O) groups is 3.